The van der Waals surface area contributed by atoms with Gasteiger partial charge in [-0.15, -0.1) is 24.0 Å². The Morgan fingerprint density at radius 2 is 2.23 bits per heavy atom. The highest BCUT2D eigenvalue weighted by atomic mass is 127. The van der Waals surface area contributed by atoms with Crippen molar-refractivity contribution in [3.05, 3.63) is 35.2 Å². The molecular weight excluding hydrogens is 465 g/mol. The van der Waals surface area contributed by atoms with Crippen molar-refractivity contribution >= 4 is 41.5 Å². The van der Waals surface area contributed by atoms with Crippen LogP contribution in [0.5, 0.6) is 0 Å². The molecule has 0 spiro atoms. The molecule has 0 saturated carbocycles. The Balaban J connectivity index is 0.00000243. The molecule has 6 nitrogen and oxygen atoms in total. The van der Waals surface area contributed by atoms with E-state index in [1.807, 2.05) is 31.3 Å². The number of likely N-dealkylation sites (tertiary alicyclic amines) is 1. The van der Waals surface area contributed by atoms with Gasteiger partial charge in [0, 0.05) is 43.7 Å². The van der Waals surface area contributed by atoms with Crippen molar-refractivity contribution in [1.29, 1.82) is 0 Å². The molecule has 2 aromatic rings. The van der Waals surface area contributed by atoms with E-state index in [2.05, 4.69) is 39.2 Å². The summed E-state index contributed by atoms with van der Waals surface area (Å²) in [7, 11) is 1.82. The molecule has 1 N–H and O–H groups in total. The third kappa shape index (κ3) is 5.33. The molecule has 0 bridgehead atoms. The Morgan fingerprint density at radius 3 is 2.88 bits per heavy atom. The van der Waals surface area contributed by atoms with E-state index >= 15 is 0 Å². The summed E-state index contributed by atoms with van der Waals surface area (Å²) < 4.78 is 5.34. The zero-order valence-corrected chi connectivity index (χ0v) is 18.4. The van der Waals surface area contributed by atoms with Crippen molar-refractivity contribution in [2.24, 2.45) is 10.4 Å². The number of nitrogens with zero attached hydrogens (tertiary/aromatic N) is 4. The fraction of sp³-hybridized carbons (Fsp3) is 0.500. The second kappa shape index (κ2) is 9.03. The van der Waals surface area contributed by atoms with Crippen LogP contribution in [0, 0.1) is 5.41 Å². The molecule has 1 saturated heterocycles. The Bertz CT molecular complexity index is 762. The SMILES string of the molecule is CN=C(NCCc1nc(-c2cccc(Cl)c2)no1)N1CCC(C)(C)C1.I. The number of benzene rings is 1. The first kappa shape index (κ1) is 21.0. The van der Waals surface area contributed by atoms with Crippen molar-refractivity contribution in [3.8, 4) is 11.4 Å². The van der Waals surface area contributed by atoms with Gasteiger partial charge in [0.1, 0.15) is 0 Å². The van der Waals surface area contributed by atoms with Crippen LogP contribution in [-0.4, -0.2) is 47.7 Å². The monoisotopic (exact) mass is 489 g/mol. The van der Waals surface area contributed by atoms with Crippen LogP contribution in [-0.2, 0) is 6.42 Å². The second-order valence-corrected chi connectivity index (χ2v) is 7.52. The molecular formula is C18H25ClIN5O. The second-order valence-electron chi connectivity index (χ2n) is 7.08. The zero-order valence-electron chi connectivity index (χ0n) is 15.3. The number of aromatic nitrogens is 2. The van der Waals surface area contributed by atoms with Gasteiger partial charge in [0.15, 0.2) is 5.96 Å². The molecule has 1 aromatic heterocycles. The number of rotatable bonds is 4. The summed E-state index contributed by atoms with van der Waals surface area (Å²) in [4.78, 5) is 11.1. The predicted molar refractivity (Wildman–Crippen MR) is 115 cm³/mol. The minimum absolute atomic E-state index is 0. The van der Waals surface area contributed by atoms with Gasteiger partial charge >= 0.3 is 0 Å². The van der Waals surface area contributed by atoms with Crippen molar-refractivity contribution in [1.82, 2.24) is 20.4 Å². The molecule has 3 rings (SSSR count). The highest BCUT2D eigenvalue weighted by Gasteiger charge is 2.30. The summed E-state index contributed by atoms with van der Waals surface area (Å²) >= 11 is 6.00. The Labute approximate surface area is 176 Å². The summed E-state index contributed by atoms with van der Waals surface area (Å²) in [6.45, 7) is 7.32. The maximum Gasteiger partial charge on any atom is 0.228 e. The van der Waals surface area contributed by atoms with Crippen LogP contribution in [0.3, 0.4) is 0 Å². The molecule has 142 valence electrons. The maximum absolute atomic E-state index is 6.00. The first-order valence-electron chi connectivity index (χ1n) is 8.51. The number of halogens is 2. The normalized spacial score (nSPS) is 16.5. The van der Waals surface area contributed by atoms with Crippen LogP contribution in [0.2, 0.25) is 5.02 Å². The molecule has 8 heteroatoms. The molecule has 0 amide bonds. The van der Waals surface area contributed by atoms with Crippen molar-refractivity contribution in [2.45, 2.75) is 26.7 Å². The van der Waals surface area contributed by atoms with Crippen LogP contribution in [0.25, 0.3) is 11.4 Å². The lowest BCUT2D eigenvalue weighted by atomic mass is 9.93. The lowest BCUT2D eigenvalue weighted by molar-refractivity contribution is 0.366. The highest BCUT2D eigenvalue weighted by molar-refractivity contribution is 14.0. The van der Waals surface area contributed by atoms with Crippen LogP contribution in [0.4, 0.5) is 0 Å². The lowest BCUT2D eigenvalue weighted by Crippen LogP contribution is -2.41. The maximum atomic E-state index is 6.00. The van der Waals surface area contributed by atoms with Gasteiger partial charge in [-0.05, 0) is 24.0 Å². The van der Waals surface area contributed by atoms with Gasteiger partial charge < -0.3 is 14.7 Å². The number of guanidine groups is 1. The Morgan fingerprint density at radius 1 is 1.42 bits per heavy atom. The molecule has 1 fully saturated rings. The van der Waals surface area contributed by atoms with Gasteiger partial charge in [-0.3, -0.25) is 4.99 Å². The summed E-state index contributed by atoms with van der Waals surface area (Å²) in [5, 5.41) is 8.07. The summed E-state index contributed by atoms with van der Waals surface area (Å²) in [6, 6.07) is 7.43. The zero-order chi connectivity index (χ0) is 17.9. The van der Waals surface area contributed by atoms with Gasteiger partial charge in [0.2, 0.25) is 11.7 Å². The van der Waals surface area contributed by atoms with Crippen molar-refractivity contribution in [2.75, 3.05) is 26.7 Å². The molecule has 1 aromatic carbocycles. The molecule has 0 unspecified atom stereocenters. The van der Waals surface area contributed by atoms with Crippen molar-refractivity contribution in [3.63, 3.8) is 0 Å². The van der Waals surface area contributed by atoms with E-state index in [1.54, 1.807) is 0 Å². The van der Waals surface area contributed by atoms with E-state index in [1.165, 1.54) is 6.42 Å². The van der Waals surface area contributed by atoms with Gasteiger partial charge in [-0.25, -0.2) is 0 Å². The average Bonchev–Trinajstić information content (AvgIpc) is 3.18. The minimum atomic E-state index is 0. The number of aliphatic imine (C=N–C) groups is 1. The fourth-order valence-electron chi connectivity index (χ4n) is 3.01. The average molecular weight is 490 g/mol. The molecule has 1 aliphatic heterocycles. The van der Waals surface area contributed by atoms with Crippen LogP contribution in [0.15, 0.2) is 33.8 Å². The Hall–Kier alpha value is -1.35. The molecule has 0 atom stereocenters. The first-order valence-corrected chi connectivity index (χ1v) is 8.89. The number of hydrogen-bond donors (Lipinski definition) is 1. The predicted octanol–water partition coefficient (Wildman–Crippen LogP) is 3.86. The van der Waals surface area contributed by atoms with Crippen molar-refractivity contribution < 1.29 is 4.52 Å². The lowest BCUT2D eigenvalue weighted by Gasteiger charge is -2.23. The van der Waals surface area contributed by atoms with Crippen LogP contribution in [0.1, 0.15) is 26.2 Å². The standard InChI is InChI=1S/C18H24ClN5O.HI/c1-18(2)8-10-24(12-18)17(20-3)21-9-7-15-22-16(23-25-15)13-5-4-6-14(19)11-13;/h4-6,11H,7-10,12H2,1-3H3,(H,20,21);1H. The van der Waals surface area contributed by atoms with E-state index in [-0.39, 0.29) is 24.0 Å². The minimum Gasteiger partial charge on any atom is -0.356 e. The molecule has 0 radical (unpaired) electrons. The van der Waals surface area contributed by atoms with E-state index < -0.39 is 0 Å². The molecule has 2 heterocycles. The van der Waals surface area contributed by atoms with E-state index in [9.17, 15) is 0 Å². The molecule has 26 heavy (non-hydrogen) atoms. The third-order valence-corrected chi connectivity index (χ3v) is 4.60. The molecule has 1 aliphatic rings. The Kier molecular flexibility index (Phi) is 7.28. The summed E-state index contributed by atoms with van der Waals surface area (Å²) in [6.07, 6.45) is 1.82. The smallest absolute Gasteiger partial charge is 0.228 e. The van der Waals surface area contributed by atoms with Gasteiger partial charge in [0.25, 0.3) is 0 Å². The van der Waals surface area contributed by atoms with Gasteiger partial charge in [-0.1, -0.05) is 42.7 Å². The molecule has 0 aliphatic carbocycles. The van der Waals surface area contributed by atoms with E-state index in [0.717, 1.165) is 24.6 Å². The fourth-order valence-corrected chi connectivity index (χ4v) is 3.20. The third-order valence-electron chi connectivity index (χ3n) is 4.36. The number of nitrogens with one attached hydrogen (secondary N) is 1. The summed E-state index contributed by atoms with van der Waals surface area (Å²) in [5.41, 5.74) is 1.20. The van der Waals surface area contributed by atoms with E-state index in [0.29, 0.717) is 35.1 Å². The largest absolute Gasteiger partial charge is 0.356 e. The van der Waals surface area contributed by atoms with Gasteiger partial charge in [0.05, 0.1) is 0 Å². The van der Waals surface area contributed by atoms with Crippen LogP contribution >= 0.6 is 35.6 Å². The topological polar surface area (TPSA) is 66.5 Å². The first-order chi connectivity index (χ1) is 12.0. The van der Waals surface area contributed by atoms with Crippen LogP contribution < -0.4 is 5.32 Å². The van der Waals surface area contributed by atoms with Gasteiger partial charge in [-0.2, -0.15) is 4.98 Å². The number of hydrogen-bond acceptors (Lipinski definition) is 4. The summed E-state index contributed by atoms with van der Waals surface area (Å²) in [5.74, 6) is 2.09. The highest BCUT2D eigenvalue weighted by Crippen LogP contribution is 2.28. The van der Waals surface area contributed by atoms with E-state index in [4.69, 9.17) is 16.1 Å². The quantitative estimate of drug-likeness (QED) is 0.401.